The van der Waals surface area contributed by atoms with Crippen molar-refractivity contribution in [3.63, 3.8) is 0 Å². The first kappa shape index (κ1) is 21.0. The molecule has 4 rings (SSSR count). The van der Waals surface area contributed by atoms with Gasteiger partial charge in [-0.2, -0.15) is 0 Å². The second kappa shape index (κ2) is 8.40. The van der Waals surface area contributed by atoms with E-state index in [4.69, 9.17) is 4.11 Å². The molecule has 3 aromatic rings. The zero-order valence-electron chi connectivity index (χ0n) is 25.9. The maximum Gasteiger partial charge on any atom is 0.243 e. The van der Waals surface area contributed by atoms with Gasteiger partial charge in [0.2, 0.25) is 11.4 Å². The second-order valence-corrected chi connectivity index (χ2v) is 11.4. The third-order valence-electron chi connectivity index (χ3n) is 8.81. The molecule has 0 fully saturated rings. The van der Waals surface area contributed by atoms with Crippen molar-refractivity contribution in [1.29, 1.82) is 0 Å². The predicted octanol–water partition coefficient (Wildman–Crippen LogP) is 8.41. The Morgan fingerprint density at radius 1 is 0.912 bits per heavy atom. The fraction of sp³-hybridized carbons (Fsp3) is 0.531. The molecule has 0 radical (unpaired) electrons. The van der Waals surface area contributed by atoms with Crippen LogP contribution < -0.4 is 4.68 Å². The summed E-state index contributed by atoms with van der Waals surface area (Å²) in [6.07, 6.45) is 1.93. The quantitative estimate of drug-likeness (QED) is 0.338. The molecule has 2 aromatic carbocycles. The van der Waals surface area contributed by atoms with E-state index in [0.29, 0.717) is 11.5 Å². The van der Waals surface area contributed by atoms with Crippen LogP contribution in [0.2, 0.25) is 0 Å². The normalized spacial score (nSPS) is 17.8. The van der Waals surface area contributed by atoms with Gasteiger partial charge in [-0.25, -0.2) is 0 Å². The molecular weight excluding hydrogens is 412 g/mol. The van der Waals surface area contributed by atoms with Crippen LogP contribution in [0.25, 0.3) is 16.8 Å². The maximum absolute atomic E-state index is 8.46. The summed E-state index contributed by atoms with van der Waals surface area (Å²) in [4.78, 5) is 0. The molecule has 0 N–H and O–H groups in total. The summed E-state index contributed by atoms with van der Waals surface area (Å²) in [6, 6.07) is 12.8. The summed E-state index contributed by atoms with van der Waals surface area (Å²) in [5.74, 6) is 0.359. The molecular formula is C32H45N2+. The van der Waals surface area contributed by atoms with E-state index >= 15 is 0 Å². The number of fused-ring (bicyclic) bond motifs is 3. The Morgan fingerprint density at radius 2 is 1.53 bits per heavy atom. The maximum atomic E-state index is 8.46. The first-order valence-electron chi connectivity index (χ1n) is 14.6. The van der Waals surface area contributed by atoms with Crippen molar-refractivity contribution in [3.8, 4) is 16.8 Å². The number of para-hydroxylation sites is 1. The largest absolute Gasteiger partial charge is 0.243 e. The van der Waals surface area contributed by atoms with Crippen molar-refractivity contribution in [2.45, 2.75) is 112 Å². The minimum Gasteiger partial charge on any atom is -0.149 e. The molecule has 1 aromatic heterocycles. The Hall–Kier alpha value is -2.35. The van der Waals surface area contributed by atoms with Crippen molar-refractivity contribution in [3.05, 3.63) is 70.0 Å². The molecule has 0 saturated heterocycles. The second-order valence-electron chi connectivity index (χ2n) is 11.4. The molecule has 2 nitrogen and oxygen atoms in total. The standard InChI is InChI=1S/C32H45N2/c1-12-32(13-2)30-28(27-22(7)16-14-17-23(27)8)24(9)33(21(5)6)34(30)29-25(20(3)4)18-15-19-26(29)31(32,10)11/h14-21H,12-13H2,1-11H3/q+1/i7D3. The molecule has 34 heavy (non-hydrogen) atoms. The van der Waals surface area contributed by atoms with Crippen LogP contribution >= 0.6 is 0 Å². The highest BCUT2D eigenvalue weighted by Crippen LogP contribution is 2.56. The molecule has 0 unspecified atom stereocenters. The Kier molecular flexibility index (Phi) is 5.18. The Labute approximate surface area is 212 Å². The summed E-state index contributed by atoms with van der Waals surface area (Å²) in [7, 11) is 0. The van der Waals surface area contributed by atoms with Gasteiger partial charge in [0, 0.05) is 20.7 Å². The van der Waals surface area contributed by atoms with Gasteiger partial charge in [-0.3, -0.25) is 0 Å². The molecule has 0 aliphatic carbocycles. The van der Waals surface area contributed by atoms with Crippen LogP contribution in [0.5, 0.6) is 0 Å². The van der Waals surface area contributed by atoms with E-state index in [1.54, 1.807) is 6.07 Å². The topological polar surface area (TPSA) is 8.81 Å². The van der Waals surface area contributed by atoms with Crippen LogP contribution in [0.4, 0.5) is 0 Å². The highest BCUT2D eigenvalue weighted by Gasteiger charge is 2.60. The minimum absolute atomic E-state index is 0.149. The van der Waals surface area contributed by atoms with Crippen molar-refractivity contribution >= 4 is 0 Å². The molecule has 1 aliphatic rings. The lowest BCUT2D eigenvalue weighted by Crippen LogP contribution is -2.61. The average Bonchev–Trinajstić information content (AvgIpc) is 3.11. The monoisotopic (exact) mass is 460 g/mol. The van der Waals surface area contributed by atoms with Gasteiger partial charge in [0.05, 0.1) is 22.7 Å². The van der Waals surface area contributed by atoms with Crippen LogP contribution in [0, 0.1) is 20.7 Å². The molecule has 2 heteroatoms. The summed E-state index contributed by atoms with van der Waals surface area (Å²) in [5.41, 5.74) is 9.54. The number of aromatic nitrogens is 2. The first-order valence-corrected chi connectivity index (χ1v) is 13.1. The van der Waals surface area contributed by atoms with Gasteiger partial charge in [0.1, 0.15) is 0 Å². The van der Waals surface area contributed by atoms with E-state index in [1.165, 1.54) is 22.5 Å². The zero-order valence-corrected chi connectivity index (χ0v) is 22.9. The number of hydrogen-bond donors (Lipinski definition) is 0. The van der Waals surface area contributed by atoms with Gasteiger partial charge in [0.25, 0.3) is 0 Å². The molecule has 1 aliphatic heterocycles. The number of benzene rings is 2. The molecule has 2 heterocycles. The Bertz CT molecular complexity index is 1340. The lowest BCUT2D eigenvalue weighted by molar-refractivity contribution is -0.703. The lowest BCUT2D eigenvalue weighted by Gasteiger charge is -2.47. The van der Waals surface area contributed by atoms with E-state index in [9.17, 15) is 0 Å². The smallest absolute Gasteiger partial charge is 0.149 e. The predicted molar refractivity (Wildman–Crippen MR) is 145 cm³/mol. The molecule has 182 valence electrons. The average molecular weight is 461 g/mol. The van der Waals surface area contributed by atoms with Gasteiger partial charge >= 0.3 is 0 Å². The summed E-state index contributed by atoms with van der Waals surface area (Å²) >= 11 is 0. The lowest BCUT2D eigenvalue weighted by atomic mass is 9.54. The van der Waals surface area contributed by atoms with E-state index in [0.717, 1.165) is 35.2 Å². The molecule has 0 saturated carbocycles. The van der Waals surface area contributed by atoms with E-state index in [-0.39, 0.29) is 16.9 Å². The van der Waals surface area contributed by atoms with Gasteiger partial charge in [-0.1, -0.05) is 82.6 Å². The highest BCUT2D eigenvalue weighted by atomic mass is 15.4. The summed E-state index contributed by atoms with van der Waals surface area (Å²) < 4.78 is 30.3. The highest BCUT2D eigenvalue weighted by molar-refractivity contribution is 5.76. The van der Waals surface area contributed by atoms with Crippen molar-refractivity contribution in [2.75, 3.05) is 0 Å². The fourth-order valence-corrected chi connectivity index (χ4v) is 7.02. The van der Waals surface area contributed by atoms with Crippen molar-refractivity contribution in [2.24, 2.45) is 0 Å². The zero-order chi connectivity index (χ0) is 27.7. The number of hydrogen-bond acceptors (Lipinski definition) is 0. The Balaban J connectivity index is 2.36. The minimum atomic E-state index is -2.20. The molecule has 0 spiro atoms. The SMILES string of the molecule is [2H]C([2H])([2H])c1cccc(C)c1-c1c(C)n(C(C)C)[n+]2c1C(CC)(CC)C(C)(C)c1cccc(C(C)C)c1-2. The van der Waals surface area contributed by atoms with Crippen LogP contribution in [-0.4, -0.2) is 4.68 Å². The van der Waals surface area contributed by atoms with E-state index < -0.39 is 6.85 Å². The molecule has 0 amide bonds. The van der Waals surface area contributed by atoms with Crippen LogP contribution in [0.1, 0.15) is 118 Å². The van der Waals surface area contributed by atoms with Gasteiger partial charge < -0.3 is 0 Å². The number of aryl methyl sites for hydroxylation is 2. The van der Waals surface area contributed by atoms with Gasteiger partial charge in [-0.05, 0) is 70.0 Å². The summed E-state index contributed by atoms with van der Waals surface area (Å²) in [6.45, 7) is 20.5. The Morgan fingerprint density at radius 3 is 2.09 bits per heavy atom. The van der Waals surface area contributed by atoms with Crippen molar-refractivity contribution in [1.82, 2.24) is 4.68 Å². The van der Waals surface area contributed by atoms with Gasteiger partial charge in [-0.15, -0.1) is 4.68 Å². The van der Waals surface area contributed by atoms with E-state index in [2.05, 4.69) is 103 Å². The third kappa shape index (κ3) is 3.10. The van der Waals surface area contributed by atoms with Gasteiger partial charge in [0.15, 0.2) is 0 Å². The van der Waals surface area contributed by atoms with E-state index in [1.807, 2.05) is 6.07 Å². The van der Waals surface area contributed by atoms with Crippen LogP contribution in [0.3, 0.4) is 0 Å². The molecule has 0 atom stereocenters. The van der Waals surface area contributed by atoms with Crippen LogP contribution in [-0.2, 0) is 10.8 Å². The third-order valence-corrected chi connectivity index (χ3v) is 8.81. The number of nitrogens with zero attached hydrogens (tertiary/aromatic N) is 2. The fourth-order valence-electron chi connectivity index (χ4n) is 7.02. The number of rotatable bonds is 5. The first-order chi connectivity index (χ1) is 17.2. The summed E-state index contributed by atoms with van der Waals surface area (Å²) in [5, 5.41) is 0. The molecule has 0 bridgehead atoms. The van der Waals surface area contributed by atoms with Crippen LogP contribution in [0.15, 0.2) is 36.4 Å². The van der Waals surface area contributed by atoms with Crippen molar-refractivity contribution < 1.29 is 8.79 Å².